The Bertz CT molecular complexity index is 257. The zero-order valence-electron chi connectivity index (χ0n) is 10.2. The standard InChI is InChI=1S/C12H18O5/c1-5-9(13)15-11(7-3)17-12(8-4)16-10(14)6-2/h5-6,11-12H,1-2,7-8H2,3-4H3. The Morgan fingerprint density at radius 1 is 1.00 bits per heavy atom. The molecule has 0 aliphatic carbocycles. The van der Waals surface area contributed by atoms with Gasteiger partial charge in [-0.25, -0.2) is 9.59 Å². The van der Waals surface area contributed by atoms with Crippen molar-refractivity contribution in [1.82, 2.24) is 0 Å². The normalized spacial score (nSPS) is 13.3. The summed E-state index contributed by atoms with van der Waals surface area (Å²) in [5.74, 6) is -1.16. The maximum Gasteiger partial charge on any atom is 0.332 e. The van der Waals surface area contributed by atoms with Crippen molar-refractivity contribution in [3.8, 4) is 0 Å². The second-order valence-electron chi connectivity index (χ2n) is 3.09. The van der Waals surface area contributed by atoms with Crippen LogP contribution < -0.4 is 0 Å². The summed E-state index contributed by atoms with van der Waals surface area (Å²) >= 11 is 0. The van der Waals surface area contributed by atoms with Crippen molar-refractivity contribution in [3.63, 3.8) is 0 Å². The molecule has 0 aromatic heterocycles. The Morgan fingerprint density at radius 2 is 1.35 bits per heavy atom. The van der Waals surface area contributed by atoms with E-state index in [1.165, 1.54) is 0 Å². The Balaban J connectivity index is 4.30. The quantitative estimate of drug-likeness (QED) is 0.370. The molecule has 0 rings (SSSR count). The van der Waals surface area contributed by atoms with Crippen LogP contribution in [0.2, 0.25) is 0 Å². The van der Waals surface area contributed by atoms with Crippen LogP contribution in [-0.2, 0) is 23.8 Å². The molecule has 0 aliphatic rings. The molecule has 0 spiro atoms. The lowest BCUT2D eigenvalue weighted by molar-refractivity contribution is -0.234. The molecule has 0 radical (unpaired) electrons. The Kier molecular flexibility index (Phi) is 7.71. The van der Waals surface area contributed by atoms with Crippen LogP contribution in [0.5, 0.6) is 0 Å². The zero-order chi connectivity index (χ0) is 13.3. The minimum Gasteiger partial charge on any atom is -0.432 e. The van der Waals surface area contributed by atoms with Crippen LogP contribution in [0, 0.1) is 0 Å². The molecule has 0 heterocycles. The van der Waals surface area contributed by atoms with Crippen LogP contribution in [0.1, 0.15) is 26.7 Å². The minimum absolute atomic E-state index is 0.446. The van der Waals surface area contributed by atoms with Crippen LogP contribution in [0.25, 0.3) is 0 Å². The second kappa shape index (κ2) is 8.52. The molecule has 2 atom stereocenters. The summed E-state index contributed by atoms with van der Waals surface area (Å²) in [5, 5.41) is 0. The largest absolute Gasteiger partial charge is 0.432 e. The van der Waals surface area contributed by atoms with Gasteiger partial charge in [-0.2, -0.15) is 0 Å². The number of carbonyl (C=O) groups excluding carboxylic acids is 2. The number of carbonyl (C=O) groups is 2. The SMILES string of the molecule is C=CC(=O)OC(CC)OC(CC)OC(=O)C=C. The van der Waals surface area contributed by atoms with E-state index in [-0.39, 0.29) is 0 Å². The van der Waals surface area contributed by atoms with Gasteiger partial charge < -0.3 is 14.2 Å². The average molecular weight is 242 g/mol. The Hall–Kier alpha value is -1.62. The van der Waals surface area contributed by atoms with Crippen molar-refractivity contribution >= 4 is 11.9 Å². The van der Waals surface area contributed by atoms with Crippen molar-refractivity contribution < 1.29 is 23.8 Å². The van der Waals surface area contributed by atoms with Gasteiger partial charge in [-0.15, -0.1) is 0 Å². The van der Waals surface area contributed by atoms with Crippen molar-refractivity contribution in [3.05, 3.63) is 25.3 Å². The third-order valence-corrected chi connectivity index (χ3v) is 1.80. The van der Waals surface area contributed by atoms with Gasteiger partial charge in [0.05, 0.1) is 0 Å². The maximum absolute atomic E-state index is 11.0. The van der Waals surface area contributed by atoms with Crippen LogP contribution >= 0.6 is 0 Å². The maximum atomic E-state index is 11.0. The van der Waals surface area contributed by atoms with Gasteiger partial charge in [-0.1, -0.05) is 27.0 Å². The fraction of sp³-hybridized carbons (Fsp3) is 0.500. The first-order chi connectivity index (χ1) is 8.07. The van der Waals surface area contributed by atoms with E-state index >= 15 is 0 Å². The average Bonchev–Trinajstić information content (AvgIpc) is 2.36. The summed E-state index contributed by atoms with van der Waals surface area (Å²) in [7, 11) is 0. The van der Waals surface area contributed by atoms with Gasteiger partial charge >= 0.3 is 11.9 Å². The zero-order valence-corrected chi connectivity index (χ0v) is 10.2. The molecule has 0 aliphatic heterocycles. The van der Waals surface area contributed by atoms with Crippen LogP contribution in [0.3, 0.4) is 0 Å². The topological polar surface area (TPSA) is 61.8 Å². The molecule has 2 unspecified atom stereocenters. The molecule has 0 N–H and O–H groups in total. The summed E-state index contributed by atoms with van der Waals surface area (Å²) in [6, 6.07) is 0. The van der Waals surface area contributed by atoms with Gasteiger partial charge in [-0.05, 0) is 0 Å². The first kappa shape index (κ1) is 15.4. The van der Waals surface area contributed by atoms with Gasteiger partial charge in [0.1, 0.15) is 0 Å². The van der Waals surface area contributed by atoms with E-state index in [0.29, 0.717) is 12.8 Å². The van der Waals surface area contributed by atoms with E-state index in [1.807, 2.05) is 0 Å². The Labute approximate surface area is 101 Å². The molecule has 5 heteroatoms. The lowest BCUT2D eigenvalue weighted by atomic mass is 10.4. The fourth-order valence-electron chi connectivity index (χ4n) is 0.939. The first-order valence-electron chi connectivity index (χ1n) is 5.38. The van der Waals surface area contributed by atoms with E-state index in [2.05, 4.69) is 13.2 Å². The van der Waals surface area contributed by atoms with Crippen molar-refractivity contribution in [2.75, 3.05) is 0 Å². The van der Waals surface area contributed by atoms with E-state index in [0.717, 1.165) is 12.2 Å². The number of ether oxygens (including phenoxy) is 3. The monoisotopic (exact) mass is 242 g/mol. The van der Waals surface area contributed by atoms with E-state index in [9.17, 15) is 9.59 Å². The molecule has 0 saturated carbocycles. The van der Waals surface area contributed by atoms with Crippen LogP contribution in [-0.4, -0.2) is 24.5 Å². The van der Waals surface area contributed by atoms with Crippen molar-refractivity contribution in [1.29, 1.82) is 0 Å². The summed E-state index contributed by atoms with van der Waals surface area (Å²) in [6.45, 7) is 10.1. The Morgan fingerprint density at radius 3 is 1.59 bits per heavy atom. The molecule has 5 nitrogen and oxygen atoms in total. The lowest BCUT2D eigenvalue weighted by Crippen LogP contribution is -2.28. The molecule has 0 bridgehead atoms. The van der Waals surface area contributed by atoms with Gasteiger partial charge in [0.2, 0.25) is 12.6 Å². The summed E-state index contributed by atoms with van der Waals surface area (Å²) < 4.78 is 15.1. The van der Waals surface area contributed by atoms with Gasteiger partial charge in [0.25, 0.3) is 0 Å². The summed E-state index contributed by atoms with van der Waals surface area (Å²) in [4.78, 5) is 22.0. The summed E-state index contributed by atoms with van der Waals surface area (Å²) in [6.07, 6.45) is 1.46. The fourth-order valence-corrected chi connectivity index (χ4v) is 0.939. The third kappa shape index (κ3) is 6.52. The smallest absolute Gasteiger partial charge is 0.332 e. The molecule has 0 aromatic carbocycles. The molecule has 0 fully saturated rings. The van der Waals surface area contributed by atoms with Gasteiger partial charge in [0, 0.05) is 25.0 Å². The van der Waals surface area contributed by atoms with E-state index in [4.69, 9.17) is 14.2 Å². The van der Waals surface area contributed by atoms with E-state index in [1.54, 1.807) is 13.8 Å². The molecule has 17 heavy (non-hydrogen) atoms. The summed E-state index contributed by atoms with van der Waals surface area (Å²) in [5.41, 5.74) is 0. The van der Waals surface area contributed by atoms with E-state index < -0.39 is 24.5 Å². The van der Waals surface area contributed by atoms with Crippen LogP contribution in [0.4, 0.5) is 0 Å². The molecule has 0 aromatic rings. The van der Waals surface area contributed by atoms with Crippen molar-refractivity contribution in [2.45, 2.75) is 39.3 Å². The molecule has 0 amide bonds. The first-order valence-corrected chi connectivity index (χ1v) is 5.38. The third-order valence-electron chi connectivity index (χ3n) is 1.80. The highest BCUT2D eigenvalue weighted by atomic mass is 16.8. The predicted molar refractivity (Wildman–Crippen MR) is 61.8 cm³/mol. The second-order valence-corrected chi connectivity index (χ2v) is 3.09. The molecular weight excluding hydrogens is 224 g/mol. The number of esters is 2. The van der Waals surface area contributed by atoms with Gasteiger partial charge in [-0.3, -0.25) is 0 Å². The minimum atomic E-state index is -0.761. The highest BCUT2D eigenvalue weighted by molar-refractivity contribution is 5.81. The highest BCUT2D eigenvalue weighted by Gasteiger charge is 2.19. The molecular formula is C12H18O5. The van der Waals surface area contributed by atoms with Crippen LogP contribution in [0.15, 0.2) is 25.3 Å². The number of hydrogen-bond acceptors (Lipinski definition) is 5. The number of hydrogen-bond donors (Lipinski definition) is 0. The molecule has 0 saturated heterocycles. The lowest BCUT2D eigenvalue weighted by Gasteiger charge is -2.22. The molecule has 96 valence electrons. The predicted octanol–water partition coefficient (Wildman–Crippen LogP) is 1.93. The highest BCUT2D eigenvalue weighted by Crippen LogP contribution is 2.10. The van der Waals surface area contributed by atoms with Gasteiger partial charge in [0.15, 0.2) is 0 Å². The number of rotatable bonds is 8. The van der Waals surface area contributed by atoms with Crippen molar-refractivity contribution in [2.24, 2.45) is 0 Å².